The van der Waals surface area contributed by atoms with Crippen molar-refractivity contribution < 1.29 is 9.18 Å². The summed E-state index contributed by atoms with van der Waals surface area (Å²) in [6.45, 7) is 2.18. The van der Waals surface area contributed by atoms with Gasteiger partial charge in [-0.15, -0.1) is 0 Å². The van der Waals surface area contributed by atoms with E-state index < -0.39 is 0 Å². The van der Waals surface area contributed by atoms with Crippen LogP contribution in [0.3, 0.4) is 0 Å². The quantitative estimate of drug-likeness (QED) is 0.736. The topological polar surface area (TPSA) is 41.1 Å². The van der Waals surface area contributed by atoms with Gasteiger partial charge in [-0.2, -0.15) is 0 Å². The number of carbonyl (C=O) groups is 1. The molecule has 3 nitrogen and oxygen atoms in total. The average molecular weight is 322 g/mol. The Bertz CT molecular complexity index is 858. The second kappa shape index (κ2) is 7.23. The number of hydrogen-bond acceptors (Lipinski definition) is 2. The minimum Gasteiger partial charge on any atom is -0.325 e. The molecule has 0 saturated carbocycles. The molecule has 1 amide bonds. The molecule has 0 fully saturated rings. The number of anilines is 1. The minimum atomic E-state index is -0.370. The lowest BCUT2D eigenvalue weighted by molar-refractivity contribution is -0.115. The van der Waals surface area contributed by atoms with Gasteiger partial charge >= 0.3 is 0 Å². The van der Waals surface area contributed by atoms with Crippen molar-refractivity contribution in [3.63, 3.8) is 0 Å². The first-order chi connectivity index (χ1) is 11.6. The Morgan fingerprint density at radius 2 is 1.79 bits per heavy atom. The van der Waals surface area contributed by atoms with Crippen LogP contribution in [0, 0.1) is 5.82 Å². The molecule has 4 heteroatoms. The van der Waals surface area contributed by atoms with Crippen molar-refractivity contribution in [3.05, 3.63) is 78.1 Å². The van der Waals surface area contributed by atoms with Gasteiger partial charge in [0.25, 0.3) is 0 Å². The Hall–Kier alpha value is -2.72. The van der Waals surface area contributed by atoms with E-state index in [1.165, 1.54) is 22.9 Å². The number of hydrogen-bond donors (Lipinski definition) is 2. The van der Waals surface area contributed by atoms with Crippen molar-refractivity contribution >= 4 is 22.4 Å². The highest BCUT2D eigenvalue weighted by Gasteiger charge is 2.11. The number of nitrogens with one attached hydrogen (secondary N) is 2. The van der Waals surface area contributed by atoms with Crippen molar-refractivity contribution in [2.45, 2.75) is 13.0 Å². The lowest BCUT2D eigenvalue weighted by Gasteiger charge is -2.16. The summed E-state index contributed by atoms with van der Waals surface area (Å²) in [5.74, 6) is -0.572. The largest absolute Gasteiger partial charge is 0.325 e. The van der Waals surface area contributed by atoms with E-state index in [0.717, 1.165) is 5.56 Å². The second-order valence-corrected chi connectivity index (χ2v) is 5.73. The van der Waals surface area contributed by atoms with Crippen LogP contribution in [0.5, 0.6) is 0 Å². The first kappa shape index (κ1) is 16.1. The third-order valence-electron chi connectivity index (χ3n) is 3.97. The van der Waals surface area contributed by atoms with Gasteiger partial charge in [0.15, 0.2) is 0 Å². The van der Waals surface area contributed by atoms with Gasteiger partial charge in [-0.25, -0.2) is 4.39 Å². The van der Waals surface area contributed by atoms with Gasteiger partial charge in [0.1, 0.15) is 5.82 Å². The molecule has 3 aromatic carbocycles. The van der Waals surface area contributed by atoms with Crippen LogP contribution in [-0.4, -0.2) is 12.5 Å². The van der Waals surface area contributed by atoms with E-state index in [-0.39, 0.29) is 24.3 Å². The Morgan fingerprint density at radius 1 is 1.04 bits per heavy atom. The van der Waals surface area contributed by atoms with E-state index in [2.05, 4.69) is 34.9 Å². The molecule has 122 valence electrons. The predicted molar refractivity (Wildman–Crippen MR) is 95.4 cm³/mol. The maximum atomic E-state index is 13.1. The molecule has 0 unspecified atom stereocenters. The van der Waals surface area contributed by atoms with Gasteiger partial charge in [0.05, 0.1) is 6.54 Å². The first-order valence-electron chi connectivity index (χ1n) is 7.90. The highest BCUT2D eigenvalue weighted by Crippen LogP contribution is 2.23. The molecule has 0 saturated heterocycles. The second-order valence-electron chi connectivity index (χ2n) is 5.73. The monoisotopic (exact) mass is 322 g/mol. The summed E-state index contributed by atoms with van der Waals surface area (Å²) in [6, 6.07) is 20.2. The van der Waals surface area contributed by atoms with Crippen LogP contribution in [0.2, 0.25) is 0 Å². The summed E-state index contributed by atoms with van der Waals surface area (Å²) in [7, 11) is 0. The van der Waals surface area contributed by atoms with Crippen molar-refractivity contribution in [1.82, 2.24) is 5.32 Å². The van der Waals surface area contributed by atoms with Gasteiger partial charge in [-0.1, -0.05) is 48.5 Å². The molecule has 2 N–H and O–H groups in total. The van der Waals surface area contributed by atoms with Crippen LogP contribution in [0.15, 0.2) is 66.7 Å². The molecule has 0 spiro atoms. The number of amides is 1. The normalized spacial score (nSPS) is 12.1. The maximum absolute atomic E-state index is 13.1. The SMILES string of the molecule is C[C@H](NCC(=O)Nc1cccc(F)c1)c1cccc2ccccc12. The average Bonchev–Trinajstić information content (AvgIpc) is 2.59. The Morgan fingerprint density at radius 3 is 2.62 bits per heavy atom. The molecule has 0 radical (unpaired) electrons. The third-order valence-corrected chi connectivity index (χ3v) is 3.97. The van der Waals surface area contributed by atoms with Crippen LogP contribution in [0.1, 0.15) is 18.5 Å². The molecular weight excluding hydrogens is 303 g/mol. The summed E-state index contributed by atoms with van der Waals surface area (Å²) >= 11 is 0. The van der Waals surface area contributed by atoms with Crippen LogP contribution in [0.25, 0.3) is 10.8 Å². The Kier molecular flexibility index (Phi) is 4.87. The minimum absolute atomic E-state index is 0.0226. The highest BCUT2D eigenvalue weighted by molar-refractivity contribution is 5.92. The molecule has 3 aromatic rings. The summed E-state index contributed by atoms with van der Waals surface area (Å²) in [6.07, 6.45) is 0. The molecule has 0 bridgehead atoms. The van der Waals surface area contributed by atoms with Gasteiger partial charge in [0, 0.05) is 11.7 Å². The predicted octanol–water partition coefficient (Wildman–Crippen LogP) is 4.27. The third kappa shape index (κ3) is 3.78. The fraction of sp³-hybridized carbons (Fsp3) is 0.150. The fourth-order valence-corrected chi connectivity index (χ4v) is 2.76. The fourth-order valence-electron chi connectivity index (χ4n) is 2.76. The maximum Gasteiger partial charge on any atom is 0.238 e. The van der Waals surface area contributed by atoms with E-state index >= 15 is 0 Å². The van der Waals surface area contributed by atoms with E-state index in [1.807, 2.05) is 25.1 Å². The van der Waals surface area contributed by atoms with Crippen LogP contribution in [0.4, 0.5) is 10.1 Å². The number of rotatable bonds is 5. The van der Waals surface area contributed by atoms with Crippen LogP contribution in [-0.2, 0) is 4.79 Å². The van der Waals surface area contributed by atoms with Gasteiger partial charge < -0.3 is 10.6 Å². The lowest BCUT2D eigenvalue weighted by atomic mass is 10.00. The standard InChI is InChI=1S/C20H19FN2O/c1-14(18-11-4-7-15-6-2-3-10-19(15)18)22-13-20(24)23-17-9-5-8-16(21)12-17/h2-12,14,22H,13H2,1H3,(H,23,24)/t14-/m0/s1. The summed E-state index contributed by atoms with van der Waals surface area (Å²) in [4.78, 5) is 12.0. The van der Waals surface area contributed by atoms with Crippen LogP contribution >= 0.6 is 0 Å². The highest BCUT2D eigenvalue weighted by atomic mass is 19.1. The molecule has 0 aliphatic rings. The Labute approximate surface area is 140 Å². The van der Waals surface area contributed by atoms with Gasteiger partial charge in [-0.3, -0.25) is 4.79 Å². The molecule has 0 aliphatic heterocycles. The molecule has 24 heavy (non-hydrogen) atoms. The molecule has 0 aliphatic carbocycles. The molecule has 3 rings (SSSR count). The van der Waals surface area contributed by atoms with Crippen LogP contribution < -0.4 is 10.6 Å². The summed E-state index contributed by atoms with van der Waals surface area (Å²) in [5, 5.41) is 8.25. The lowest BCUT2D eigenvalue weighted by Crippen LogP contribution is -2.30. The zero-order chi connectivity index (χ0) is 16.9. The van der Waals surface area contributed by atoms with Crippen molar-refractivity contribution in [2.75, 3.05) is 11.9 Å². The van der Waals surface area contributed by atoms with E-state index in [0.29, 0.717) is 5.69 Å². The van der Waals surface area contributed by atoms with Crippen molar-refractivity contribution in [3.8, 4) is 0 Å². The zero-order valence-corrected chi connectivity index (χ0v) is 13.4. The van der Waals surface area contributed by atoms with E-state index in [4.69, 9.17) is 0 Å². The molecule has 0 aromatic heterocycles. The molecule has 1 atom stereocenters. The van der Waals surface area contributed by atoms with Gasteiger partial charge in [0.2, 0.25) is 5.91 Å². The van der Waals surface area contributed by atoms with Crippen molar-refractivity contribution in [2.24, 2.45) is 0 Å². The molecular formula is C20H19FN2O. The van der Waals surface area contributed by atoms with Gasteiger partial charge in [-0.05, 0) is 41.5 Å². The first-order valence-corrected chi connectivity index (χ1v) is 7.90. The van der Waals surface area contributed by atoms with Crippen molar-refractivity contribution in [1.29, 1.82) is 0 Å². The zero-order valence-electron chi connectivity index (χ0n) is 13.4. The smallest absolute Gasteiger partial charge is 0.238 e. The number of halogens is 1. The Balaban J connectivity index is 1.64. The number of fused-ring (bicyclic) bond motifs is 1. The number of carbonyl (C=O) groups excluding carboxylic acids is 1. The van der Waals surface area contributed by atoms with E-state index in [9.17, 15) is 9.18 Å². The molecule has 0 heterocycles. The number of benzene rings is 3. The summed E-state index contributed by atoms with van der Waals surface area (Å²) in [5.41, 5.74) is 1.60. The van der Waals surface area contributed by atoms with E-state index in [1.54, 1.807) is 12.1 Å². The summed E-state index contributed by atoms with van der Waals surface area (Å²) < 4.78 is 13.1.